The third-order valence-electron chi connectivity index (χ3n) is 3.06. The molecule has 2 rings (SSSR count). The van der Waals surface area contributed by atoms with Crippen molar-refractivity contribution in [2.24, 2.45) is 5.10 Å². The fraction of sp³-hybridized carbons (Fsp3) is 0.188. The van der Waals surface area contributed by atoms with Gasteiger partial charge in [-0.3, -0.25) is 4.79 Å². The molecular weight excluding hydrogens is 330 g/mol. The number of benzene rings is 1. The molecule has 7 nitrogen and oxygen atoms in total. The van der Waals surface area contributed by atoms with E-state index in [1.54, 1.807) is 44.4 Å². The van der Waals surface area contributed by atoms with Crippen LogP contribution in [0.3, 0.4) is 0 Å². The number of aromatic carboxylic acids is 1. The summed E-state index contributed by atoms with van der Waals surface area (Å²) in [7, 11) is 1.59. The highest BCUT2D eigenvalue weighted by Crippen LogP contribution is 2.17. The zero-order valence-electron chi connectivity index (χ0n) is 13.2. The Morgan fingerprint density at radius 2 is 1.83 bits per heavy atom. The molecule has 126 valence electrons. The molecule has 0 saturated heterocycles. The van der Waals surface area contributed by atoms with E-state index >= 15 is 0 Å². The van der Waals surface area contributed by atoms with E-state index in [1.807, 2.05) is 0 Å². The Labute approximate surface area is 143 Å². The normalized spacial score (nSPS) is 11.0. The molecule has 0 bridgehead atoms. The lowest BCUT2D eigenvalue weighted by molar-refractivity contribution is -0.119. The molecule has 24 heavy (non-hydrogen) atoms. The van der Waals surface area contributed by atoms with Gasteiger partial charge in [0.05, 0.1) is 24.2 Å². The van der Waals surface area contributed by atoms with Crippen LogP contribution in [-0.2, 0) is 4.79 Å². The molecule has 2 aromatic rings. The van der Waals surface area contributed by atoms with Crippen LogP contribution >= 0.6 is 11.3 Å². The van der Waals surface area contributed by atoms with Gasteiger partial charge in [-0.25, -0.2) is 10.2 Å². The van der Waals surface area contributed by atoms with E-state index in [2.05, 4.69) is 15.8 Å². The number of carbonyl (C=O) groups is 2. The molecular formula is C16H17N3O4S. The third kappa shape index (κ3) is 4.82. The van der Waals surface area contributed by atoms with Gasteiger partial charge < -0.3 is 15.2 Å². The van der Waals surface area contributed by atoms with E-state index in [0.29, 0.717) is 10.6 Å². The summed E-state index contributed by atoms with van der Waals surface area (Å²) in [5, 5.41) is 15.8. The minimum atomic E-state index is -0.980. The Morgan fingerprint density at radius 3 is 2.42 bits per heavy atom. The molecule has 1 aromatic heterocycles. The van der Waals surface area contributed by atoms with Crippen LogP contribution in [-0.4, -0.2) is 36.3 Å². The van der Waals surface area contributed by atoms with Gasteiger partial charge in [-0.05, 0) is 43.3 Å². The monoisotopic (exact) mass is 347 g/mol. The highest BCUT2D eigenvalue weighted by molar-refractivity contribution is 7.15. The molecule has 1 heterocycles. The van der Waals surface area contributed by atoms with E-state index in [1.165, 1.54) is 6.07 Å². The van der Waals surface area contributed by atoms with Crippen LogP contribution < -0.4 is 15.5 Å². The Bertz CT molecular complexity index is 753. The second-order valence-electron chi connectivity index (χ2n) is 4.78. The first kappa shape index (κ1) is 17.5. The van der Waals surface area contributed by atoms with Crippen LogP contribution in [0, 0.1) is 0 Å². The number of hydrogen-bond donors (Lipinski definition) is 3. The van der Waals surface area contributed by atoms with Crippen molar-refractivity contribution in [3.8, 4) is 5.75 Å². The number of nitrogens with one attached hydrogen (secondary N) is 2. The lowest BCUT2D eigenvalue weighted by Gasteiger charge is -2.06. The molecule has 0 spiro atoms. The average Bonchev–Trinajstić information content (AvgIpc) is 3.08. The summed E-state index contributed by atoms with van der Waals surface area (Å²) in [6.45, 7) is 1.77. The van der Waals surface area contributed by atoms with Crippen LogP contribution in [0.2, 0.25) is 0 Å². The van der Waals surface area contributed by atoms with Crippen molar-refractivity contribution in [1.82, 2.24) is 5.43 Å². The highest BCUT2D eigenvalue weighted by atomic mass is 32.1. The molecule has 1 aromatic carbocycles. The predicted octanol–water partition coefficient (Wildman–Crippen LogP) is 2.41. The summed E-state index contributed by atoms with van der Waals surface area (Å²) in [6.07, 6.45) is 0. The van der Waals surface area contributed by atoms with E-state index in [-0.39, 0.29) is 17.3 Å². The fourth-order valence-corrected chi connectivity index (χ4v) is 2.57. The zero-order valence-corrected chi connectivity index (χ0v) is 14.0. The smallest absolute Gasteiger partial charge is 0.345 e. The Morgan fingerprint density at radius 1 is 1.17 bits per heavy atom. The van der Waals surface area contributed by atoms with E-state index < -0.39 is 5.97 Å². The molecule has 8 heteroatoms. The number of nitrogens with zero attached hydrogens (tertiary/aromatic N) is 1. The van der Waals surface area contributed by atoms with Gasteiger partial charge in [0.25, 0.3) is 5.91 Å². The van der Waals surface area contributed by atoms with Crippen LogP contribution in [0.25, 0.3) is 0 Å². The minimum absolute atomic E-state index is 0.0634. The van der Waals surface area contributed by atoms with Crippen molar-refractivity contribution in [1.29, 1.82) is 0 Å². The van der Waals surface area contributed by atoms with Crippen LogP contribution in [0.4, 0.5) is 5.69 Å². The maximum absolute atomic E-state index is 11.8. The number of thiophene rings is 1. The number of ether oxygens (including phenoxy) is 1. The van der Waals surface area contributed by atoms with Crippen molar-refractivity contribution in [3.05, 3.63) is 46.2 Å². The second-order valence-corrected chi connectivity index (χ2v) is 5.87. The molecule has 1 amide bonds. The maximum atomic E-state index is 11.8. The number of hydrogen-bond acceptors (Lipinski definition) is 6. The van der Waals surface area contributed by atoms with Gasteiger partial charge in [0.15, 0.2) is 0 Å². The molecule has 0 aliphatic rings. The molecule has 0 radical (unpaired) electrons. The maximum Gasteiger partial charge on any atom is 0.345 e. The number of carboxylic acid groups (broad SMARTS) is 1. The number of amides is 1. The van der Waals surface area contributed by atoms with Crippen molar-refractivity contribution in [2.45, 2.75) is 6.92 Å². The molecule has 3 N–H and O–H groups in total. The summed E-state index contributed by atoms with van der Waals surface area (Å²) in [6, 6.07) is 10.4. The van der Waals surface area contributed by atoms with Gasteiger partial charge >= 0.3 is 5.97 Å². The van der Waals surface area contributed by atoms with Gasteiger partial charge in [0, 0.05) is 5.69 Å². The van der Waals surface area contributed by atoms with Crippen molar-refractivity contribution < 1.29 is 19.4 Å². The minimum Gasteiger partial charge on any atom is -0.497 e. The molecule has 0 aliphatic heterocycles. The summed E-state index contributed by atoms with van der Waals surface area (Å²) < 4.78 is 5.06. The van der Waals surface area contributed by atoms with Gasteiger partial charge in [0.2, 0.25) is 0 Å². The van der Waals surface area contributed by atoms with Gasteiger partial charge in [-0.1, -0.05) is 0 Å². The number of rotatable bonds is 7. The largest absolute Gasteiger partial charge is 0.497 e. The molecule has 0 unspecified atom stereocenters. The van der Waals surface area contributed by atoms with Crippen LogP contribution in [0.1, 0.15) is 21.5 Å². The lowest BCUT2D eigenvalue weighted by atomic mass is 10.3. The topological polar surface area (TPSA) is 100 Å². The van der Waals surface area contributed by atoms with E-state index in [0.717, 1.165) is 22.8 Å². The molecule has 0 saturated carbocycles. The number of anilines is 1. The molecule has 0 fully saturated rings. The standard InChI is InChI=1S/C16H17N3O4S/c1-10(13-7-8-14(24-13)16(21)22)18-19-15(20)9-17-11-3-5-12(23-2)6-4-11/h3-8,17H,9H2,1-2H3,(H,19,20)(H,21,22)/b18-10-. The summed E-state index contributed by atoms with van der Waals surface area (Å²) >= 11 is 1.11. The van der Waals surface area contributed by atoms with Crippen molar-refractivity contribution in [3.63, 3.8) is 0 Å². The number of carbonyl (C=O) groups excluding carboxylic acids is 1. The number of hydrazone groups is 1. The second kappa shape index (κ2) is 8.11. The molecule has 0 atom stereocenters. The van der Waals surface area contributed by atoms with Crippen LogP contribution in [0.15, 0.2) is 41.5 Å². The Balaban J connectivity index is 1.85. The summed E-state index contributed by atoms with van der Waals surface area (Å²) in [5.41, 5.74) is 3.77. The number of carboxylic acids is 1. The third-order valence-corrected chi connectivity index (χ3v) is 4.25. The van der Waals surface area contributed by atoms with E-state index in [4.69, 9.17) is 9.84 Å². The van der Waals surface area contributed by atoms with Crippen LogP contribution in [0.5, 0.6) is 5.75 Å². The summed E-state index contributed by atoms with van der Waals surface area (Å²) in [5.74, 6) is -0.547. The van der Waals surface area contributed by atoms with Crippen molar-refractivity contribution in [2.75, 3.05) is 19.0 Å². The van der Waals surface area contributed by atoms with Gasteiger partial charge in [-0.2, -0.15) is 5.10 Å². The Hall–Kier alpha value is -2.87. The summed E-state index contributed by atoms with van der Waals surface area (Å²) in [4.78, 5) is 23.6. The average molecular weight is 347 g/mol. The SMILES string of the molecule is COc1ccc(NCC(=O)N/N=C(/C)c2ccc(C(=O)O)s2)cc1. The van der Waals surface area contributed by atoms with Gasteiger partial charge in [0.1, 0.15) is 10.6 Å². The molecule has 0 aliphatic carbocycles. The van der Waals surface area contributed by atoms with Crippen molar-refractivity contribution >= 4 is 34.6 Å². The van der Waals surface area contributed by atoms with Gasteiger partial charge in [-0.15, -0.1) is 11.3 Å². The fourth-order valence-electron chi connectivity index (χ4n) is 1.78. The first-order valence-corrected chi connectivity index (χ1v) is 7.86. The van der Waals surface area contributed by atoms with E-state index in [9.17, 15) is 9.59 Å². The number of methoxy groups -OCH3 is 1. The highest BCUT2D eigenvalue weighted by Gasteiger charge is 2.09. The first-order chi connectivity index (χ1) is 11.5. The first-order valence-electron chi connectivity index (χ1n) is 7.04. The lowest BCUT2D eigenvalue weighted by Crippen LogP contribution is -2.26. The predicted molar refractivity (Wildman–Crippen MR) is 93.1 cm³/mol. The Kier molecular flexibility index (Phi) is 5.91. The zero-order chi connectivity index (χ0) is 17.5. The quantitative estimate of drug-likeness (QED) is 0.527.